The summed E-state index contributed by atoms with van der Waals surface area (Å²) in [4.78, 5) is 14.3. The van der Waals surface area contributed by atoms with Crippen LogP contribution >= 0.6 is 11.6 Å². The van der Waals surface area contributed by atoms with Crippen LogP contribution in [0.3, 0.4) is 0 Å². The summed E-state index contributed by atoms with van der Waals surface area (Å²) in [6, 6.07) is 0. The normalized spacial score (nSPS) is 19.4. The highest BCUT2D eigenvalue weighted by atomic mass is 35.5. The fourth-order valence-corrected chi connectivity index (χ4v) is 2.89. The predicted molar refractivity (Wildman–Crippen MR) is 82.4 cm³/mol. The Hall–Kier alpha value is -1.07. The van der Waals surface area contributed by atoms with Crippen LogP contribution in [0.4, 0.5) is 5.69 Å². The van der Waals surface area contributed by atoms with Crippen molar-refractivity contribution in [2.75, 3.05) is 24.5 Å². The van der Waals surface area contributed by atoms with Gasteiger partial charge in [0.2, 0.25) is 0 Å². The Bertz CT molecular complexity index is 502. The Labute approximate surface area is 124 Å². The van der Waals surface area contributed by atoms with E-state index in [-0.39, 0.29) is 10.6 Å². The molecule has 1 fully saturated rings. The lowest BCUT2D eigenvalue weighted by Gasteiger charge is -2.34. The van der Waals surface area contributed by atoms with Crippen LogP contribution in [-0.4, -0.2) is 29.4 Å². The van der Waals surface area contributed by atoms with E-state index in [0.29, 0.717) is 19.0 Å². The average Bonchev–Trinajstić information content (AvgIpc) is 2.49. The Morgan fingerprint density at radius 3 is 3.05 bits per heavy atom. The fraction of sp³-hybridized carbons (Fsp3) is 0.714. The summed E-state index contributed by atoms with van der Waals surface area (Å²) in [6.45, 7) is 5.16. The van der Waals surface area contributed by atoms with Crippen LogP contribution in [-0.2, 0) is 6.54 Å². The first-order valence-electron chi connectivity index (χ1n) is 7.38. The number of nitrogens with zero attached hydrogens (tertiary/aromatic N) is 3. The Morgan fingerprint density at radius 1 is 1.55 bits per heavy atom. The molecule has 1 saturated heterocycles. The Balaban J connectivity index is 2.20. The van der Waals surface area contributed by atoms with E-state index in [1.165, 1.54) is 4.68 Å². The third-order valence-electron chi connectivity index (χ3n) is 3.88. The van der Waals surface area contributed by atoms with E-state index in [2.05, 4.69) is 16.9 Å². The molecule has 20 heavy (non-hydrogen) atoms. The Morgan fingerprint density at radius 2 is 2.35 bits per heavy atom. The topological polar surface area (TPSA) is 64.2 Å². The van der Waals surface area contributed by atoms with Gasteiger partial charge in [-0.3, -0.25) is 4.79 Å². The van der Waals surface area contributed by atoms with Gasteiger partial charge >= 0.3 is 0 Å². The van der Waals surface area contributed by atoms with Crippen molar-refractivity contribution in [1.82, 2.24) is 9.78 Å². The first kappa shape index (κ1) is 15.3. The zero-order chi connectivity index (χ0) is 14.5. The second kappa shape index (κ2) is 7.09. The number of rotatable bonds is 5. The smallest absolute Gasteiger partial charge is 0.287 e. The fourth-order valence-electron chi connectivity index (χ4n) is 2.62. The summed E-state index contributed by atoms with van der Waals surface area (Å²) >= 11 is 6.26. The van der Waals surface area contributed by atoms with Gasteiger partial charge in [-0.05, 0) is 31.7 Å². The third-order valence-corrected chi connectivity index (χ3v) is 4.24. The minimum absolute atomic E-state index is 0.188. The van der Waals surface area contributed by atoms with E-state index >= 15 is 0 Å². The first-order chi connectivity index (χ1) is 9.67. The van der Waals surface area contributed by atoms with E-state index in [0.717, 1.165) is 44.5 Å². The van der Waals surface area contributed by atoms with Crippen molar-refractivity contribution >= 4 is 17.3 Å². The van der Waals surface area contributed by atoms with Crippen LogP contribution in [0.5, 0.6) is 0 Å². The second-order valence-corrected chi connectivity index (χ2v) is 5.79. The summed E-state index contributed by atoms with van der Waals surface area (Å²) < 4.78 is 1.46. The molecule has 1 aliphatic rings. The SMILES string of the molecule is CCCCn1ncc(N2CCCC(CN)C2)c(Cl)c1=O. The molecule has 1 aromatic heterocycles. The summed E-state index contributed by atoms with van der Waals surface area (Å²) in [5.41, 5.74) is 6.31. The highest BCUT2D eigenvalue weighted by Gasteiger charge is 2.22. The van der Waals surface area contributed by atoms with Crippen LogP contribution in [0.25, 0.3) is 0 Å². The van der Waals surface area contributed by atoms with Crippen molar-refractivity contribution in [1.29, 1.82) is 0 Å². The van der Waals surface area contributed by atoms with Crippen LogP contribution in [0, 0.1) is 5.92 Å². The van der Waals surface area contributed by atoms with Gasteiger partial charge in [-0.15, -0.1) is 0 Å². The largest absolute Gasteiger partial charge is 0.369 e. The molecule has 6 heteroatoms. The molecule has 112 valence electrons. The van der Waals surface area contributed by atoms with Crippen molar-refractivity contribution in [3.05, 3.63) is 21.6 Å². The number of nitrogens with two attached hydrogens (primary N) is 1. The lowest BCUT2D eigenvalue weighted by Crippen LogP contribution is -2.39. The molecule has 0 aromatic carbocycles. The standard InChI is InChI=1S/C14H23ClN4O/c1-2-3-7-19-14(20)13(15)12(9-17-19)18-6-4-5-11(8-16)10-18/h9,11H,2-8,10,16H2,1H3. The van der Waals surface area contributed by atoms with Gasteiger partial charge < -0.3 is 10.6 Å². The first-order valence-corrected chi connectivity index (χ1v) is 7.75. The van der Waals surface area contributed by atoms with Crippen molar-refractivity contribution in [2.45, 2.75) is 39.2 Å². The van der Waals surface area contributed by atoms with E-state index in [1.807, 2.05) is 0 Å². The van der Waals surface area contributed by atoms with Crippen LogP contribution in [0.1, 0.15) is 32.6 Å². The van der Waals surface area contributed by atoms with Crippen LogP contribution in [0.2, 0.25) is 5.02 Å². The summed E-state index contributed by atoms with van der Waals surface area (Å²) in [6.07, 6.45) is 5.90. The maximum Gasteiger partial charge on any atom is 0.287 e. The molecule has 5 nitrogen and oxygen atoms in total. The van der Waals surface area contributed by atoms with Crippen LogP contribution < -0.4 is 16.2 Å². The molecule has 1 unspecified atom stereocenters. The molecule has 1 aromatic rings. The van der Waals surface area contributed by atoms with Gasteiger partial charge in [-0.2, -0.15) is 5.10 Å². The maximum absolute atomic E-state index is 12.2. The molecule has 0 aliphatic carbocycles. The van der Waals surface area contributed by atoms with Crippen molar-refractivity contribution in [3.63, 3.8) is 0 Å². The monoisotopic (exact) mass is 298 g/mol. The van der Waals surface area contributed by atoms with Crippen molar-refractivity contribution in [2.24, 2.45) is 11.7 Å². The molecular weight excluding hydrogens is 276 g/mol. The molecule has 0 saturated carbocycles. The molecule has 1 atom stereocenters. The van der Waals surface area contributed by atoms with Gasteiger partial charge in [0.15, 0.2) is 0 Å². The highest BCUT2D eigenvalue weighted by Crippen LogP contribution is 2.26. The van der Waals surface area contributed by atoms with E-state index in [9.17, 15) is 4.79 Å². The zero-order valence-corrected chi connectivity index (χ0v) is 12.8. The van der Waals surface area contributed by atoms with E-state index < -0.39 is 0 Å². The molecular formula is C14H23ClN4O. The van der Waals surface area contributed by atoms with Crippen LogP contribution in [0.15, 0.2) is 11.0 Å². The zero-order valence-electron chi connectivity index (χ0n) is 12.0. The molecule has 2 rings (SSSR count). The number of hydrogen-bond donors (Lipinski definition) is 1. The van der Waals surface area contributed by atoms with Gasteiger partial charge in [0.1, 0.15) is 5.02 Å². The van der Waals surface area contributed by atoms with E-state index in [4.69, 9.17) is 17.3 Å². The van der Waals surface area contributed by atoms with E-state index in [1.54, 1.807) is 6.20 Å². The van der Waals surface area contributed by atoms with Crippen molar-refractivity contribution in [3.8, 4) is 0 Å². The van der Waals surface area contributed by atoms with Gasteiger partial charge in [-0.25, -0.2) is 4.68 Å². The number of anilines is 1. The summed E-state index contributed by atoms with van der Waals surface area (Å²) in [7, 11) is 0. The summed E-state index contributed by atoms with van der Waals surface area (Å²) in [5, 5.41) is 4.54. The Kier molecular flexibility index (Phi) is 5.43. The molecule has 2 heterocycles. The highest BCUT2D eigenvalue weighted by molar-refractivity contribution is 6.33. The quantitative estimate of drug-likeness (QED) is 0.901. The number of halogens is 1. The number of unbranched alkanes of at least 4 members (excludes halogenated alkanes) is 1. The van der Waals surface area contributed by atoms with Gasteiger partial charge in [0.05, 0.1) is 11.9 Å². The lowest BCUT2D eigenvalue weighted by molar-refractivity contribution is 0.422. The summed E-state index contributed by atoms with van der Waals surface area (Å²) in [5.74, 6) is 0.474. The van der Waals surface area contributed by atoms with Gasteiger partial charge in [0, 0.05) is 19.6 Å². The predicted octanol–water partition coefficient (Wildman–Crippen LogP) is 1.87. The molecule has 0 amide bonds. The number of piperidine rings is 1. The molecule has 0 spiro atoms. The molecule has 2 N–H and O–H groups in total. The average molecular weight is 299 g/mol. The third kappa shape index (κ3) is 3.33. The molecule has 0 radical (unpaired) electrons. The number of hydrogen-bond acceptors (Lipinski definition) is 4. The lowest BCUT2D eigenvalue weighted by atomic mass is 9.98. The van der Waals surface area contributed by atoms with Gasteiger partial charge in [0.25, 0.3) is 5.56 Å². The minimum atomic E-state index is -0.188. The number of aryl methyl sites for hydroxylation is 1. The molecule has 0 bridgehead atoms. The van der Waals surface area contributed by atoms with Crippen molar-refractivity contribution < 1.29 is 0 Å². The second-order valence-electron chi connectivity index (χ2n) is 5.42. The maximum atomic E-state index is 12.2. The molecule has 1 aliphatic heterocycles. The minimum Gasteiger partial charge on any atom is -0.369 e. The van der Waals surface area contributed by atoms with Gasteiger partial charge in [-0.1, -0.05) is 24.9 Å². The number of aromatic nitrogens is 2.